The Labute approximate surface area is 159 Å². The van der Waals surface area contributed by atoms with Crippen molar-refractivity contribution in [3.63, 3.8) is 0 Å². The first-order valence-corrected chi connectivity index (χ1v) is 9.41. The van der Waals surface area contributed by atoms with Gasteiger partial charge in [0.25, 0.3) is 0 Å². The van der Waals surface area contributed by atoms with Crippen LogP contribution in [0, 0.1) is 11.7 Å². The lowest BCUT2D eigenvalue weighted by atomic mass is 9.96. The Bertz CT molecular complexity index is 819. The maximum absolute atomic E-state index is 13.0. The summed E-state index contributed by atoms with van der Waals surface area (Å²) in [7, 11) is 0. The van der Waals surface area contributed by atoms with E-state index >= 15 is 0 Å². The predicted octanol–water partition coefficient (Wildman–Crippen LogP) is 4.01. The van der Waals surface area contributed by atoms with E-state index < -0.39 is 0 Å². The molecular formula is C22H25FN2O2. The lowest BCUT2D eigenvalue weighted by Crippen LogP contribution is -2.33. The summed E-state index contributed by atoms with van der Waals surface area (Å²) in [6.07, 6.45) is 1.20. The normalized spacial score (nSPS) is 17.8. The minimum Gasteiger partial charge on any atom is -0.352 e. The molecule has 1 fully saturated rings. The average molecular weight is 368 g/mol. The molecule has 0 saturated carbocycles. The first-order chi connectivity index (χ1) is 13.0. The van der Waals surface area contributed by atoms with Crippen molar-refractivity contribution in [2.75, 3.05) is 11.4 Å². The molecule has 4 nitrogen and oxygen atoms in total. The van der Waals surface area contributed by atoms with Crippen LogP contribution in [0.2, 0.25) is 0 Å². The number of benzene rings is 2. The lowest BCUT2D eigenvalue weighted by molar-refractivity contribution is -0.126. The molecule has 27 heavy (non-hydrogen) atoms. The van der Waals surface area contributed by atoms with Gasteiger partial charge in [-0.15, -0.1) is 0 Å². The van der Waals surface area contributed by atoms with Gasteiger partial charge in [-0.25, -0.2) is 4.39 Å². The van der Waals surface area contributed by atoms with Gasteiger partial charge in [-0.2, -0.15) is 0 Å². The van der Waals surface area contributed by atoms with Gasteiger partial charge in [0.2, 0.25) is 11.8 Å². The van der Waals surface area contributed by atoms with Gasteiger partial charge in [-0.3, -0.25) is 9.59 Å². The molecule has 2 amide bonds. The number of nitrogens with one attached hydrogen (secondary N) is 1. The standard InChI is InChI=1S/C22H25FN2O2/c1-3-15(2)19-6-4-5-7-20(19)25-14-17(12-21(25)26)22(27)24-13-16-8-10-18(23)11-9-16/h4-11,15,17H,3,12-14H2,1-2H3,(H,24,27)/t15-,17+/m0/s1. The molecule has 1 saturated heterocycles. The second kappa shape index (κ2) is 8.33. The van der Waals surface area contributed by atoms with Crippen LogP contribution in [0.15, 0.2) is 48.5 Å². The van der Waals surface area contributed by atoms with Crippen molar-refractivity contribution >= 4 is 17.5 Å². The van der Waals surface area contributed by atoms with Crippen molar-refractivity contribution in [1.82, 2.24) is 5.32 Å². The van der Waals surface area contributed by atoms with Crippen LogP contribution in [-0.4, -0.2) is 18.4 Å². The smallest absolute Gasteiger partial charge is 0.227 e. The molecule has 2 aromatic rings. The minimum absolute atomic E-state index is 0.0207. The molecular weight excluding hydrogens is 343 g/mol. The highest BCUT2D eigenvalue weighted by Gasteiger charge is 2.36. The minimum atomic E-state index is -0.372. The van der Waals surface area contributed by atoms with Crippen LogP contribution in [-0.2, 0) is 16.1 Å². The van der Waals surface area contributed by atoms with Gasteiger partial charge in [-0.05, 0) is 41.7 Å². The Morgan fingerprint density at radius 1 is 1.22 bits per heavy atom. The zero-order valence-corrected chi connectivity index (χ0v) is 15.7. The Morgan fingerprint density at radius 2 is 1.93 bits per heavy atom. The van der Waals surface area contributed by atoms with Crippen LogP contribution >= 0.6 is 0 Å². The van der Waals surface area contributed by atoms with Gasteiger partial charge in [0.15, 0.2) is 0 Å². The van der Waals surface area contributed by atoms with E-state index in [0.717, 1.165) is 23.2 Å². The first-order valence-electron chi connectivity index (χ1n) is 9.41. The van der Waals surface area contributed by atoms with Crippen molar-refractivity contribution in [3.05, 3.63) is 65.5 Å². The van der Waals surface area contributed by atoms with Gasteiger partial charge >= 0.3 is 0 Å². The van der Waals surface area contributed by atoms with E-state index in [4.69, 9.17) is 0 Å². The molecule has 0 bridgehead atoms. The summed E-state index contributed by atoms with van der Waals surface area (Å²) < 4.78 is 13.0. The maximum Gasteiger partial charge on any atom is 0.227 e. The van der Waals surface area contributed by atoms with E-state index in [0.29, 0.717) is 19.0 Å². The second-order valence-corrected chi connectivity index (χ2v) is 7.12. The number of para-hydroxylation sites is 1. The van der Waals surface area contributed by atoms with E-state index in [1.165, 1.54) is 12.1 Å². The summed E-state index contributed by atoms with van der Waals surface area (Å²) in [6.45, 7) is 4.99. The highest BCUT2D eigenvalue weighted by Crippen LogP contribution is 2.33. The van der Waals surface area contributed by atoms with Crippen LogP contribution in [0.5, 0.6) is 0 Å². The molecule has 1 N–H and O–H groups in total. The summed E-state index contributed by atoms with van der Waals surface area (Å²) in [5.74, 6) is -0.491. The van der Waals surface area contributed by atoms with E-state index in [2.05, 4.69) is 25.2 Å². The highest BCUT2D eigenvalue weighted by molar-refractivity contribution is 6.00. The third kappa shape index (κ3) is 4.35. The highest BCUT2D eigenvalue weighted by atomic mass is 19.1. The number of rotatable bonds is 6. The Balaban J connectivity index is 1.67. The van der Waals surface area contributed by atoms with E-state index in [1.807, 2.05) is 18.2 Å². The largest absolute Gasteiger partial charge is 0.352 e. The summed E-state index contributed by atoms with van der Waals surface area (Å²) >= 11 is 0. The van der Waals surface area contributed by atoms with Crippen LogP contribution < -0.4 is 10.2 Å². The summed E-state index contributed by atoms with van der Waals surface area (Å²) in [4.78, 5) is 26.8. The lowest BCUT2D eigenvalue weighted by Gasteiger charge is -2.23. The van der Waals surface area contributed by atoms with Crippen LogP contribution in [0.3, 0.4) is 0 Å². The number of hydrogen-bond donors (Lipinski definition) is 1. The van der Waals surface area contributed by atoms with E-state index in [9.17, 15) is 14.0 Å². The van der Waals surface area contributed by atoms with E-state index in [1.54, 1.807) is 17.0 Å². The zero-order valence-electron chi connectivity index (χ0n) is 15.7. The number of amides is 2. The number of carbonyl (C=O) groups is 2. The number of nitrogens with zero attached hydrogens (tertiary/aromatic N) is 1. The Hall–Kier alpha value is -2.69. The summed E-state index contributed by atoms with van der Waals surface area (Å²) in [5.41, 5.74) is 2.87. The zero-order chi connectivity index (χ0) is 19.4. The van der Waals surface area contributed by atoms with Gasteiger partial charge in [0, 0.05) is 25.2 Å². The fourth-order valence-corrected chi connectivity index (χ4v) is 3.42. The van der Waals surface area contributed by atoms with Crippen molar-refractivity contribution < 1.29 is 14.0 Å². The van der Waals surface area contributed by atoms with Crippen LogP contribution in [0.1, 0.15) is 43.7 Å². The molecule has 1 aliphatic heterocycles. The second-order valence-electron chi connectivity index (χ2n) is 7.12. The SMILES string of the molecule is CC[C@H](C)c1ccccc1N1C[C@H](C(=O)NCc2ccc(F)cc2)CC1=O. The third-order valence-corrected chi connectivity index (χ3v) is 5.25. The van der Waals surface area contributed by atoms with Crippen LogP contribution in [0.4, 0.5) is 10.1 Å². The average Bonchev–Trinajstić information content (AvgIpc) is 3.08. The maximum atomic E-state index is 13.0. The number of halogens is 1. The quantitative estimate of drug-likeness (QED) is 0.838. The van der Waals surface area contributed by atoms with Crippen LogP contribution in [0.25, 0.3) is 0 Å². The molecule has 0 unspecified atom stereocenters. The van der Waals surface area contributed by atoms with Gasteiger partial charge in [0.05, 0.1) is 5.92 Å². The van der Waals surface area contributed by atoms with Crippen molar-refractivity contribution in [2.24, 2.45) is 5.92 Å². The first kappa shape index (κ1) is 19.1. The van der Waals surface area contributed by atoms with Gasteiger partial charge in [0.1, 0.15) is 5.82 Å². The molecule has 1 aliphatic rings. The molecule has 3 rings (SSSR count). The van der Waals surface area contributed by atoms with Crippen molar-refractivity contribution in [2.45, 2.75) is 39.2 Å². The Morgan fingerprint density at radius 3 is 2.63 bits per heavy atom. The molecule has 0 spiro atoms. The summed E-state index contributed by atoms with van der Waals surface area (Å²) in [5, 5.41) is 2.86. The summed E-state index contributed by atoms with van der Waals surface area (Å²) in [6, 6.07) is 13.9. The van der Waals surface area contributed by atoms with Gasteiger partial charge in [-0.1, -0.05) is 44.2 Å². The topological polar surface area (TPSA) is 49.4 Å². The molecule has 0 radical (unpaired) electrons. The third-order valence-electron chi connectivity index (χ3n) is 5.25. The monoisotopic (exact) mass is 368 g/mol. The molecule has 5 heteroatoms. The van der Waals surface area contributed by atoms with Crippen molar-refractivity contribution in [1.29, 1.82) is 0 Å². The Kier molecular flexibility index (Phi) is 5.89. The predicted molar refractivity (Wildman–Crippen MR) is 104 cm³/mol. The molecule has 2 aromatic carbocycles. The molecule has 0 aliphatic carbocycles. The molecule has 1 heterocycles. The number of anilines is 1. The number of hydrogen-bond acceptors (Lipinski definition) is 2. The number of carbonyl (C=O) groups excluding carboxylic acids is 2. The van der Waals surface area contributed by atoms with Gasteiger partial charge < -0.3 is 10.2 Å². The van der Waals surface area contributed by atoms with Crippen molar-refractivity contribution in [3.8, 4) is 0 Å². The fraction of sp³-hybridized carbons (Fsp3) is 0.364. The van der Waals surface area contributed by atoms with E-state index in [-0.39, 0.29) is 30.0 Å². The fourth-order valence-electron chi connectivity index (χ4n) is 3.42. The molecule has 0 aromatic heterocycles. The molecule has 2 atom stereocenters. The molecule has 142 valence electrons.